The average Bonchev–Trinajstić information content (AvgIpc) is 2.37. The summed E-state index contributed by atoms with van der Waals surface area (Å²) in [5.74, 6) is -1.06. The number of primary amides is 1. The number of hydrogen-bond acceptors (Lipinski definition) is 4. The summed E-state index contributed by atoms with van der Waals surface area (Å²) in [7, 11) is 0. The van der Waals surface area contributed by atoms with Crippen molar-refractivity contribution in [3.8, 4) is 0 Å². The van der Waals surface area contributed by atoms with E-state index in [1.807, 2.05) is 13.8 Å². The van der Waals surface area contributed by atoms with Crippen LogP contribution in [0.1, 0.15) is 31.1 Å². The molecule has 0 spiro atoms. The summed E-state index contributed by atoms with van der Waals surface area (Å²) in [5.41, 5.74) is 5.44. The molecule has 0 aliphatic rings. The fourth-order valence-corrected chi connectivity index (χ4v) is 2.37. The molecule has 1 atom stereocenters. The van der Waals surface area contributed by atoms with Gasteiger partial charge in [-0.1, -0.05) is 12.1 Å². The maximum absolute atomic E-state index is 12.1. The van der Waals surface area contributed by atoms with Gasteiger partial charge in [0, 0.05) is 10.9 Å². The molecule has 0 saturated carbocycles. The van der Waals surface area contributed by atoms with E-state index in [-0.39, 0.29) is 11.3 Å². The summed E-state index contributed by atoms with van der Waals surface area (Å²) in [6.07, 6.45) is 0. The SMILES string of the molecule is CC(C)NC(=O)Sc1ccccc1C(=O)N[C@@H](C)C(N)=O. The van der Waals surface area contributed by atoms with E-state index in [2.05, 4.69) is 10.6 Å². The van der Waals surface area contributed by atoms with E-state index >= 15 is 0 Å². The number of benzene rings is 1. The average molecular weight is 309 g/mol. The number of carbonyl (C=O) groups is 3. The van der Waals surface area contributed by atoms with Crippen molar-refractivity contribution in [1.29, 1.82) is 0 Å². The highest BCUT2D eigenvalue weighted by molar-refractivity contribution is 8.13. The van der Waals surface area contributed by atoms with Crippen LogP contribution in [-0.2, 0) is 4.79 Å². The first kappa shape index (κ1) is 17.0. The summed E-state index contributed by atoms with van der Waals surface area (Å²) < 4.78 is 0. The van der Waals surface area contributed by atoms with Gasteiger partial charge in [0.15, 0.2) is 0 Å². The smallest absolute Gasteiger partial charge is 0.284 e. The van der Waals surface area contributed by atoms with Crippen molar-refractivity contribution in [3.05, 3.63) is 29.8 Å². The Morgan fingerprint density at radius 2 is 1.71 bits per heavy atom. The van der Waals surface area contributed by atoms with Gasteiger partial charge < -0.3 is 16.4 Å². The normalized spacial score (nSPS) is 11.8. The molecule has 0 unspecified atom stereocenters. The maximum Gasteiger partial charge on any atom is 0.284 e. The van der Waals surface area contributed by atoms with Crippen LogP contribution in [-0.4, -0.2) is 29.1 Å². The Kier molecular flexibility index (Phi) is 6.23. The number of carbonyl (C=O) groups excluding carboxylic acids is 3. The lowest BCUT2D eigenvalue weighted by Crippen LogP contribution is -2.42. The van der Waals surface area contributed by atoms with Crippen LogP contribution < -0.4 is 16.4 Å². The molecule has 7 heteroatoms. The minimum Gasteiger partial charge on any atom is -0.368 e. The van der Waals surface area contributed by atoms with E-state index < -0.39 is 17.9 Å². The molecular weight excluding hydrogens is 290 g/mol. The Morgan fingerprint density at radius 1 is 1.10 bits per heavy atom. The Morgan fingerprint density at radius 3 is 2.29 bits per heavy atom. The third kappa shape index (κ3) is 5.47. The Balaban J connectivity index is 2.86. The van der Waals surface area contributed by atoms with E-state index in [1.54, 1.807) is 24.3 Å². The number of thioether (sulfide) groups is 1. The molecule has 4 N–H and O–H groups in total. The van der Waals surface area contributed by atoms with Crippen molar-refractivity contribution in [2.75, 3.05) is 0 Å². The lowest BCUT2D eigenvalue weighted by molar-refractivity contribution is -0.119. The Bertz CT molecular complexity index is 546. The zero-order valence-corrected chi connectivity index (χ0v) is 13.0. The van der Waals surface area contributed by atoms with Crippen LogP contribution in [0.15, 0.2) is 29.2 Å². The molecular formula is C14H19N3O3S. The van der Waals surface area contributed by atoms with Crippen molar-refractivity contribution in [2.45, 2.75) is 37.8 Å². The van der Waals surface area contributed by atoms with Gasteiger partial charge in [-0.05, 0) is 44.7 Å². The van der Waals surface area contributed by atoms with Gasteiger partial charge >= 0.3 is 0 Å². The van der Waals surface area contributed by atoms with Crippen LogP contribution in [0.4, 0.5) is 4.79 Å². The van der Waals surface area contributed by atoms with Crippen LogP contribution in [0.2, 0.25) is 0 Å². The summed E-state index contributed by atoms with van der Waals surface area (Å²) in [5, 5.41) is 4.98. The first-order chi connectivity index (χ1) is 9.81. The van der Waals surface area contributed by atoms with Crippen molar-refractivity contribution in [2.24, 2.45) is 5.73 Å². The molecule has 0 saturated heterocycles. The molecule has 0 fully saturated rings. The molecule has 3 amide bonds. The van der Waals surface area contributed by atoms with Gasteiger partial charge in [-0.2, -0.15) is 0 Å². The second kappa shape index (κ2) is 7.68. The summed E-state index contributed by atoms with van der Waals surface area (Å²) in [4.78, 5) is 35.4. The second-order valence-electron chi connectivity index (χ2n) is 4.78. The molecule has 0 aliphatic heterocycles. The third-order valence-corrected chi connectivity index (χ3v) is 3.39. The van der Waals surface area contributed by atoms with Gasteiger partial charge in [-0.3, -0.25) is 14.4 Å². The molecule has 6 nitrogen and oxygen atoms in total. The molecule has 1 aromatic rings. The Hall–Kier alpha value is -2.02. The van der Waals surface area contributed by atoms with Gasteiger partial charge in [0.05, 0.1) is 5.56 Å². The number of amides is 3. The standard InChI is InChI=1S/C14H19N3O3S/c1-8(2)16-14(20)21-11-7-5-4-6-10(11)13(19)17-9(3)12(15)18/h4-9H,1-3H3,(H2,15,18)(H,16,20)(H,17,19)/t9-/m0/s1. The molecule has 0 aliphatic carbocycles. The van der Waals surface area contributed by atoms with Gasteiger partial charge in [0.2, 0.25) is 5.91 Å². The zero-order valence-electron chi connectivity index (χ0n) is 12.2. The second-order valence-corrected chi connectivity index (χ2v) is 5.80. The molecule has 21 heavy (non-hydrogen) atoms. The summed E-state index contributed by atoms with van der Waals surface area (Å²) >= 11 is 0.935. The molecule has 1 aromatic carbocycles. The fraction of sp³-hybridized carbons (Fsp3) is 0.357. The van der Waals surface area contributed by atoms with Crippen LogP contribution in [0, 0.1) is 0 Å². The quantitative estimate of drug-likeness (QED) is 0.717. The third-order valence-electron chi connectivity index (χ3n) is 2.52. The maximum atomic E-state index is 12.1. The summed E-state index contributed by atoms with van der Waals surface area (Å²) in [6, 6.07) is 5.93. The van der Waals surface area contributed by atoms with Crippen molar-refractivity contribution < 1.29 is 14.4 Å². The van der Waals surface area contributed by atoms with Crippen molar-refractivity contribution >= 4 is 28.8 Å². The van der Waals surface area contributed by atoms with Gasteiger partial charge in [0.25, 0.3) is 11.1 Å². The van der Waals surface area contributed by atoms with Crippen molar-refractivity contribution in [3.63, 3.8) is 0 Å². The lowest BCUT2D eigenvalue weighted by atomic mass is 10.2. The van der Waals surface area contributed by atoms with Crippen LogP contribution in [0.25, 0.3) is 0 Å². The van der Waals surface area contributed by atoms with Crippen LogP contribution in [0.3, 0.4) is 0 Å². The molecule has 0 heterocycles. The topological polar surface area (TPSA) is 101 Å². The van der Waals surface area contributed by atoms with E-state index in [1.165, 1.54) is 6.92 Å². The van der Waals surface area contributed by atoms with Crippen molar-refractivity contribution in [1.82, 2.24) is 10.6 Å². The number of rotatable bonds is 5. The van der Waals surface area contributed by atoms with Gasteiger partial charge in [0.1, 0.15) is 6.04 Å². The predicted molar refractivity (Wildman–Crippen MR) is 82.1 cm³/mol. The fourth-order valence-electron chi connectivity index (χ4n) is 1.45. The highest BCUT2D eigenvalue weighted by atomic mass is 32.2. The van der Waals surface area contributed by atoms with Gasteiger partial charge in [-0.25, -0.2) is 0 Å². The number of nitrogens with two attached hydrogens (primary N) is 1. The lowest BCUT2D eigenvalue weighted by Gasteiger charge is -2.13. The van der Waals surface area contributed by atoms with E-state index in [9.17, 15) is 14.4 Å². The largest absolute Gasteiger partial charge is 0.368 e. The van der Waals surface area contributed by atoms with E-state index in [4.69, 9.17) is 5.73 Å². The molecule has 0 bridgehead atoms. The van der Waals surface area contributed by atoms with E-state index in [0.717, 1.165) is 11.8 Å². The molecule has 0 radical (unpaired) electrons. The number of hydrogen-bond donors (Lipinski definition) is 3. The highest BCUT2D eigenvalue weighted by Crippen LogP contribution is 2.23. The highest BCUT2D eigenvalue weighted by Gasteiger charge is 2.18. The van der Waals surface area contributed by atoms with Crippen LogP contribution >= 0.6 is 11.8 Å². The first-order valence-corrected chi connectivity index (χ1v) is 7.30. The minimum absolute atomic E-state index is 0.0147. The summed E-state index contributed by atoms with van der Waals surface area (Å²) in [6.45, 7) is 5.21. The predicted octanol–water partition coefficient (Wildman–Crippen LogP) is 1.50. The first-order valence-electron chi connectivity index (χ1n) is 6.48. The number of nitrogens with one attached hydrogen (secondary N) is 2. The zero-order chi connectivity index (χ0) is 16.0. The molecule has 114 valence electrons. The monoisotopic (exact) mass is 309 g/mol. The molecule has 0 aromatic heterocycles. The molecule has 1 rings (SSSR count). The van der Waals surface area contributed by atoms with E-state index in [0.29, 0.717) is 10.5 Å². The van der Waals surface area contributed by atoms with Crippen LogP contribution in [0.5, 0.6) is 0 Å². The minimum atomic E-state index is -0.778. The Labute approximate surface area is 127 Å². The van der Waals surface area contributed by atoms with Gasteiger partial charge in [-0.15, -0.1) is 0 Å².